The maximum absolute atomic E-state index is 13.8. The molecule has 0 N–H and O–H groups in total. The van der Waals surface area contributed by atoms with Crippen molar-refractivity contribution in [3.63, 3.8) is 0 Å². The van der Waals surface area contributed by atoms with E-state index in [0.717, 1.165) is 46.1 Å². The van der Waals surface area contributed by atoms with Gasteiger partial charge in [-0.1, -0.05) is 67.2 Å². The molecule has 1 atom stereocenters. The Morgan fingerprint density at radius 3 is 2.60 bits per heavy atom. The minimum absolute atomic E-state index is 0.0830. The first kappa shape index (κ1) is 19.6. The highest BCUT2D eigenvalue weighted by molar-refractivity contribution is 7.99. The molecule has 5 rings (SSSR count). The zero-order valence-corrected chi connectivity index (χ0v) is 18.6. The van der Waals surface area contributed by atoms with Crippen molar-refractivity contribution in [3.05, 3.63) is 87.0 Å². The maximum Gasteiger partial charge on any atom is 0.267 e. The van der Waals surface area contributed by atoms with Crippen molar-refractivity contribution in [3.8, 4) is 5.69 Å². The van der Waals surface area contributed by atoms with Crippen LogP contribution in [0.5, 0.6) is 0 Å². The van der Waals surface area contributed by atoms with Crippen LogP contribution in [0.25, 0.3) is 15.9 Å². The lowest BCUT2D eigenvalue weighted by molar-refractivity contribution is 0.601. The van der Waals surface area contributed by atoms with Gasteiger partial charge in [0.25, 0.3) is 5.56 Å². The number of fused-ring (bicyclic) bond motifs is 3. The van der Waals surface area contributed by atoms with Crippen LogP contribution in [0.4, 0.5) is 0 Å². The van der Waals surface area contributed by atoms with Crippen molar-refractivity contribution < 1.29 is 0 Å². The van der Waals surface area contributed by atoms with E-state index in [9.17, 15) is 4.79 Å². The maximum atomic E-state index is 13.8. The summed E-state index contributed by atoms with van der Waals surface area (Å²) in [6.07, 6.45) is 4.37. The van der Waals surface area contributed by atoms with Crippen LogP contribution in [0, 0.1) is 0 Å². The summed E-state index contributed by atoms with van der Waals surface area (Å²) in [5.74, 6) is 1.31. The van der Waals surface area contributed by atoms with Crippen LogP contribution >= 0.6 is 23.1 Å². The first-order chi connectivity index (χ1) is 14.7. The molecule has 0 saturated carbocycles. The molecule has 1 aliphatic carbocycles. The fourth-order valence-corrected chi connectivity index (χ4v) is 6.70. The second-order valence-electron chi connectivity index (χ2n) is 7.87. The Labute approximate surface area is 184 Å². The molecule has 2 aromatic heterocycles. The monoisotopic (exact) mass is 432 g/mol. The summed E-state index contributed by atoms with van der Waals surface area (Å²) >= 11 is 3.40. The summed E-state index contributed by atoms with van der Waals surface area (Å²) in [6.45, 7) is 2.25. The van der Waals surface area contributed by atoms with Gasteiger partial charge in [0, 0.05) is 10.6 Å². The number of hydrogen-bond donors (Lipinski definition) is 0. The van der Waals surface area contributed by atoms with E-state index in [-0.39, 0.29) is 5.56 Å². The van der Waals surface area contributed by atoms with Crippen molar-refractivity contribution in [1.29, 1.82) is 0 Å². The minimum atomic E-state index is 0.0830. The standard InChI is InChI=1S/C25H24N2OS2/c1-17-9-8-14-20-21(17)22-23(30-20)26-25(29-16-15-18-10-4-2-5-11-18)27(24(22)28)19-12-6-3-7-13-19/h2-7,10-13,17H,8-9,14-16H2,1H3. The van der Waals surface area contributed by atoms with Crippen LogP contribution in [0.15, 0.2) is 70.6 Å². The van der Waals surface area contributed by atoms with E-state index < -0.39 is 0 Å². The number of aryl methyl sites for hydroxylation is 2. The van der Waals surface area contributed by atoms with Crippen LogP contribution in [-0.4, -0.2) is 15.3 Å². The zero-order valence-electron chi connectivity index (χ0n) is 17.0. The van der Waals surface area contributed by atoms with E-state index in [4.69, 9.17) is 4.98 Å². The second-order valence-corrected chi connectivity index (χ2v) is 10.0. The van der Waals surface area contributed by atoms with Crippen molar-refractivity contribution in [2.45, 2.75) is 43.7 Å². The molecule has 30 heavy (non-hydrogen) atoms. The van der Waals surface area contributed by atoms with Crippen molar-refractivity contribution in [2.24, 2.45) is 0 Å². The summed E-state index contributed by atoms with van der Waals surface area (Å²) in [6, 6.07) is 20.4. The van der Waals surface area contributed by atoms with Gasteiger partial charge in [-0.05, 0) is 54.9 Å². The Kier molecular flexibility index (Phi) is 5.48. The Hall–Kier alpha value is -2.37. The fourth-order valence-electron chi connectivity index (χ4n) is 4.32. The number of nitrogens with zero attached hydrogens (tertiary/aromatic N) is 2. The van der Waals surface area contributed by atoms with Crippen LogP contribution in [-0.2, 0) is 12.8 Å². The first-order valence-corrected chi connectivity index (χ1v) is 12.3. The van der Waals surface area contributed by atoms with E-state index in [1.165, 1.54) is 22.4 Å². The van der Waals surface area contributed by atoms with Gasteiger partial charge in [0.2, 0.25) is 0 Å². The van der Waals surface area contributed by atoms with Gasteiger partial charge < -0.3 is 0 Å². The van der Waals surface area contributed by atoms with E-state index in [2.05, 4.69) is 31.2 Å². The molecule has 0 aliphatic heterocycles. The van der Waals surface area contributed by atoms with Gasteiger partial charge in [0.05, 0.1) is 11.1 Å². The van der Waals surface area contributed by atoms with Gasteiger partial charge in [-0.25, -0.2) is 4.98 Å². The molecule has 0 bridgehead atoms. The number of thioether (sulfide) groups is 1. The molecule has 0 saturated heterocycles. The average Bonchev–Trinajstić information content (AvgIpc) is 3.15. The van der Waals surface area contributed by atoms with Gasteiger partial charge in [-0.15, -0.1) is 11.3 Å². The highest BCUT2D eigenvalue weighted by Gasteiger charge is 2.26. The van der Waals surface area contributed by atoms with Gasteiger partial charge in [-0.2, -0.15) is 0 Å². The fraction of sp³-hybridized carbons (Fsp3) is 0.280. The molecule has 1 unspecified atom stereocenters. The zero-order chi connectivity index (χ0) is 20.5. The Morgan fingerprint density at radius 2 is 1.83 bits per heavy atom. The first-order valence-electron chi connectivity index (χ1n) is 10.5. The predicted octanol–water partition coefficient (Wildman–Crippen LogP) is 6.22. The Bertz CT molecular complexity index is 1230. The molecule has 0 radical (unpaired) electrons. The van der Waals surface area contributed by atoms with Crippen LogP contribution in [0.3, 0.4) is 0 Å². The predicted molar refractivity (Wildman–Crippen MR) is 127 cm³/mol. The highest BCUT2D eigenvalue weighted by atomic mass is 32.2. The lowest BCUT2D eigenvalue weighted by atomic mass is 9.88. The minimum Gasteiger partial charge on any atom is -0.268 e. The smallest absolute Gasteiger partial charge is 0.267 e. The van der Waals surface area contributed by atoms with Gasteiger partial charge in [-0.3, -0.25) is 9.36 Å². The summed E-state index contributed by atoms with van der Waals surface area (Å²) in [5, 5.41) is 1.64. The van der Waals surface area contributed by atoms with Crippen LogP contribution < -0.4 is 5.56 Å². The van der Waals surface area contributed by atoms with Crippen molar-refractivity contribution in [2.75, 3.05) is 5.75 Å². The normalized spacial score (nSPS) is 16.0. The van der Waals surface area contributed by atoms with E-state index >= 15 is 0 Å². The molecular weight excluding hydrogens is 408 g/mol. The summed E-state index contributed by atoms with van der Waals surface area (Å²) in [5.41, 5.74) is 3.53. The molecular formula is C25H24N2OS2. The molecule has 152 valence electrons. The lowest BCUT2D eigenvalue weighted by Crippen LogP contribution is -2.22. The second kappa shape index (κ2) is 8.40. The number of thiophene rings is 1. The lowest BCUT2D eigenvalue weighted by Gasteiger charge is -2.19. The largest absolute Gasteiger partial charge is 0.268 e. The number of para-hydroxylation sites is 1. The highest BCUT2D eigenvalue weighted by Crippen LogP contribution is 2.40. The topological polar surface area (TPSA) is 34.9 Å². The Morgan fingerprint density at radius 1 is 1.10 bits per heavy atom. The van der Waals surface area contributed by atoms with E-state index in [0.29, 0.717) is 5.92 Å². The molecule has 0 fully saturated rings. The third kappa shape index (κ3) is 3.61. The summed E-state index contributed by atoms with van der Waals surface area (Å²) in [7, 11) is 0. The van der Waals surface area contributed by atoms with Crippen LogP contribution in [0.2, 0.25) is 0 Å². The molecule has 2 heterocycles. The quantitative estimate of drug-likeness (QED) is 0.277. The molecule has 1 aliphatic rings. The number of benzene rings is 2. The van der Waals surface area contributed by atoms with Crippen molar-refractivity contribution >= 4 is 33.3 Å². The molecule has 4 aromatic rings. The molecule has 0 amide bonds. The van der Waals surface area contributed by atoms with Crippen molar-refractivity contribution in [1.82, 2.24) is 9.55 Å². The van der Waals surface area contributed by atoms with Gasteiger partial charge in [0.1, 0.15) is 4.83 Å². The Balaban J connectivity index is 1.61. The van der Waals surface area contributed by atoms with E-state index in [1.807, 2.05) is 41.0 Å². The number of aromatic nitrogens is 2. The molecule has 3 nitrogen and oxygen atoms in total. The van der Waals surface area contributed by atoms with E-state index in [1.54, 1.807) is 23.1 Å². The third-order valence-electron chi connectivity index (χ3n) is 5.82. The van der Waals surface area contributed by atoms with Gasteiger partial charge in [0.15, 0.2) is 5.16 Å². The molecule has 5 heteroatoms. The van der Waals surface area contributed by atoms with Crippen LogP contribution in [0.1, 0.15) is 41.7 Å². The third-order valence-corrected chi connectivity index (χ3v) is 7.92. The molecule has 0 spiro atoms. The SMILES string of the molecule is CC1CCCc2sc3nc(SCCc4ccccc4)n(-c4ccccc4)c(=O)c3c21. The summed E-state index contributed by atoms with van der Waals surface area (Å²) < 4.78 is 1.83. The number of hydrogen-bond acceptors (Lipinski definition) is 4. The summed E-state index contributed by atoms with van der Waals surface area (Å²) in [4.78, 5) is 21.1. The average molecular weight is 433 g/mol. The molecule has 2 aromatic carbocycles. The number of rotatable bonds is 5. The van der Waals surface area contributed by atoms with Gasteiger partial charge >= 0.3 is 0 Å².